The Morgan fingerprint density at radius 3 is 2.64 bits per heavy atom. The van der Waals surface area contributed by atoms with Crippen LogP contribution in [0.3, 0.4) is 0 Å². The standard InChI is InChI=1S/C19H33N3O2.HI/c1-16-8-7-9-18(14-16)17(2)15-22-19(20-3)21-10-5-6-11-24-13-12-23-4;/h7-9,14,17H,5-6,10-13,15H2,1-4H3,(H2,20,21,22);1H. The summed E-state index contributed by atoms with van der Waals surface area (Å²) in [7, 11) is 3.49. The van der Waals surface area contributed by atoms with Gasteiger partial charge in [0.25, 0.3) is 0 Å². The Kier molecular flexibility index (Phi) is 14.9. The van der Waals surface area contributed by atoms with E-state index in [9.17, 15) is 0 Å². The molecule has 5 nitrogen and oxygen atoms in total. The smallest absolute Gasteiger partial charge is 0.190 e. The van der Waals surface area contributed by atoms with Crippen molar-refractivity contribution in [2.75, 3.05) is 47.1 Å². The summed E-state index contributed by atoms with van der Waals surface area (Å²) < 4.78 is 10.4. The van der Waals surface area contributed by atoms with E-state index in [2.05, 4.69) is 53.7 Å². The highest BCUT2D eigenvalue weighted by atomic mass is 127. The number of aryl methyl sites for hydroxylation is 1. The van der Waals surface area contributed by atoms with Crippen LogP contribution in [0.4, 0.5) is 0 Å². The summed E-state index contributed by atoms with van der Waals surface area (Å²) in [5.41, 5.74) is 2.65. The van der Waals surface area contributed by atoms with Gasteiger partial charge >= 0.3 is 0 Å². The van der Waals surface area contributed by atoms with Crippen molar-refractivity contribution in [3.05, 3.63) is 35.4 Å². The molecule has 1 aromatic rings. The molecule has 0 saturated carbocycles. The predicted octanol–water partition coefficient (Wildman–Crippen LogP) is 3.32. The van der Waals surface area contributed by atoms with Crippen LogP contribution in [-0.4, -0.2) is 53.0 Å². The van der Waals surface area contributed by atoms with Crippen molar-refractivity contribution in [2.24, 2.45) is 4.99 Å². The Labute approximate surface area is 170 Å². The zero-order valence-electron chi connectivity index (χ0n) is 16.0. The Bertz CT molecular complexity index is 483. The molecule has 1 rings (SSSR count). The molecular formula is C19H34IN3O2. The van der Waals surface area contributed by atoms with E-state index in [1.807, 2.05) is 0 Å². The fraction of sp³-hybridized carbons (Fsp3) is 0.632. The lowest BCUT2D eigenvalue weighted by atomic mass is 9.99. The van der Waals surface area contributed by atoms with Crippen molar-refractivity contribution in [3.63, 3.8) is 0 Å². The van der Waals surface area contributed by atoms with Gasteiger partial charge in [0, 0.05) is 33.9 Å². The number of rotatable bonds is 11. The molecule has 2 N–H and O–H groups in total. The number of nitrogens with one attached hydrogen (secondary N) is 2. The molecule has 0 aromatic heterocycles. The van der Waals surface area contributed by atoms with Gasteiger partial charge in [-0.1, -0.05) is 36.8 Å². The molecule has 0 fully saturated rings. The normalized spacial score (nSPS) is 12.4. The fourth-order valence-electron chi connectivity index (χ4n) is 2.35. The molecule has 0 amide bonds. The molecule has 1 unspecified atom stereocenters. The largest absolute Gasteiger partial charge is 0.382 e. The van der Waals surface area contributed by atoms with Crippen molar-refractivity contribution < 1.29 is 9.47 Å². The van der Waals surface area contributed by atoms with E-state index in [0.717, 1.165) is 38.5 Å². The van der Waals surface area contributed by atoms with Crippen LogP contribution in [0.5, 0.6) is 0 Å². The maximum Gasteiger partial charge on any atom is 0.190 e. The predicted molar refractivity (Wildman–Crippen MR) is 116 cm³/mol. The molecule has 1 atom stereocenters. The highest BCUT2D eigenvalue weighted by molar-refractivity contribution is 14.0. The van der Waals surface area contributed by atoms with E-state index in [-0.39, 0.29) is 24.0 Å². The van der Waals surface area contributed by atoms with E-state index in [0.29, 0.717) is 19.1 Å². The maximum absolute atomic E-state index is 5.45. The van der Waals surface area contributed by atoms with Crippen molar-refractivity contribution in [3.8, 4) is 0 Å². The SMILES string of the molecule is CN=C(NCCCCOCCOC)NCC(C)c1cccc(C)c1.I. The highest BCUT2D eigenvalue weighted by Gasteiger charge is 2.06. The summed E-state index contributed by atoms with van der Waals surface area (Å²) in [6.07, 6.45) is 2.09. The van der Waals surface area contributed by atoms with Crippen molar-refractivity contribution in [2.45, 2.75) is 32.6 Å². The third kappa shape index (κ3) is 11.4. The molecule has 6 heteroatoms. The summed E-state index contributed by atoms with van der Waals surface area (Å²) in [5, 5.41) is 6.75. The van der Waals surface area contributed by atoms with Crippen molar-refractivity contribution >= 4 is 29.9 Å². The van der Waals surface area contributed by atoms with Gasteiger partial charge in [-0.3, -0.25) is 4.99 Å². The summed E-state index contributed by atoms with van der Waals surface area (Å²) in [6, 6.07) is 8.66. The number of unbranched alkanes of at least 4 members (excludes halogenated alkanes) is 1. The summed E-state index contributed by atoms with van der Waals surface area (Å²) in [4.78, 5) is 4.28. The number of hydrogen-bond donors (Lipinski definition) is 2. The number of benzene rings is 1. The van der Waals surface area contributed by atoms with E-state index < -0.39 is 0 Å². The maximum atomic E-state index is 5.45. The number of hydrogen-bond acceptors (Lipinski definition) is 3. The van der Waals surface area contributed by atoms with Gasteiger partial charge in [0.2, 0.25) is 0 Å². The van der Waals surface area contributed by atoms with E-state index in [1.165, 1.54) is 11.1 Å². The fourth-order valence-corrected chi connectivity index (χ4v) is 2.35. The van der Waals surface area contributed by atoms with Crippen LogP contribution in [-0.2, 0) is 9.47 Å². The second-order valence-corrected chi connectivity index (χ2v) is 6.01. The lowest BCUT2D eigenvalue weighted by Gasteiger charge is -2.16. The van der Waals surface area contributed by atoms with Crippen LogP contribution in [0, 0.1) is 6.92 Å². The van der Waals surface area contributed by atoms with Crippen molar-refractivity contribution in [1.82, 2.24) is 10.6 Å². The average Bonchev–Trinajstić information content (AvgIpc) is 2.59. The molecule has 0 aliphatic heterocycles. The van der Waals surface area contributed by atoms with Gasteiger partial charge < -0.3 is 20.1 Å². The van der Waals surface area contributed by atoms with Crippen LogP contribution in [0.2, 0.25) is 0 Å². The number of methoxy groups -OCH3 is 1. The van der Waals surface area contributed by atoms with E-state index in [4.69, 9.17) is 9.47 Å². The number of aliphatic imine (C=N–C) groups is 1. The molecule has 0 heterocycles. The van der Waals surface area contributed by atoms with Crippen LogP contribution in [0.25, 0.3) is 0 Å². The molecule has 1 aromatic carbocycles. The minimum Gasteiger partial charge on any atom is -0.382 e. The second kappa shape index (κ2) is 15.4. The minimum absolute atomic E-state index is 0. The van der Waals surface area contributed by atoms with Gasteiger partial charge in [-0.25, -0.2) is 0 Å². The third-order valence-electron chi connectivity index (χ3n) is 3.85. The van der Waals surface area contributed by atoms with Gasteiger partial charge in [-0.05, 0) is 31.2 Å². The van der Waals surface area contributed by atoms with E-state index in [1.54, 1.807) is 14.2 Å². The molecule has 144 valence electrons. The Morgan fingerprint density at radius 2 is 1.96 bits per heavy atom. The van der Waals surface area contributed by atoms with Crippen LogP contribution in [0.15, 0.2) is 29.3 Å². The van der Waals surface area contributed by atoms with Crippen LogP contribution >= 0.6 is 24.0 Å². The first-order valence-electron chi connectivity index (χ1n) is 8.75. The zero-order chi connectivity index (χ0) is 17.6. The van der Waals surface area contributed by atoms with Gasteiger partial charge in [0.05, 0.1) is 13.2 Å². The zero-order valence-corrected chi connectivity index (χ0v) is 18.3. The second-order valence-electron chi connectivity index (χ2n) is 6.01. The molecule has 0 saturated heterocycles. The van der Waals surface area contributed by atoms with Gasteiger partial charge in [-0.15, -0.1) is 24.0 Å². The quantitative estimate of drug-likeness (QED) is 0.229. The summed E-state index contributed by atoms with van der Waals surface area (Å²) >= 11 is 0. The van der Waals surface area contributed by atoms with Crippen LogP contribution in [0.1, 0.15) is 36.8 Å². The first-order valence-corrected chi connectivity index (χ1v) is 8.75. The van der Waals surface area contributed by atoms with Gasteiger partial charge in [0.1, 0.15) is 0 Å². The number of guanidine groups is 1. The minimum atomic E-state index is 0. The molecule has 0 radical (unpaired) electrons. The lowest BCUT2D eigenvalue weighted by Crippen LogP contribution is -2.39. The Hall–Kier alpha value is -0.860. The number of nitrogens with zero attached hydrogens (tertiary/aromatic N) is 1. The number of ether oxygens (including phenoxy) is 2. The monoisotopic (exact) mass is 463 g/mol. The summed E-state index contributed by atoms with van der Waals surface area (Å²) in [6.45, 7) is 8.23. The first-order chi connectivity index (χ1) is 11.7. The van der Waals surface area contributed by atoms with Gasteiger partial charge in [-0.2, -0.15) is 0 Å². The molecule has 25 heavy (non-hydrogen) atoms. The molecule has 0 bridgehead atoms. The topological polar surface area (TPSA) is 54.9 Å². The Balaban J connectivity index is 0.00000576. The van der Waals surface area contributed by atoms with E-state index >= 15 is 0 Å². The molecule has 0 aliphatic carbocycles. The lowest BCUT2D eigenvalue weighted by molar-refractivity contribution is 0.0689. The van der Waals surface area contributed by atoms with Gasteiger partial charge in [0.15, 0.2) is 5.96 Å². The summed E-state index contributed by atoms with van der Waals surface area (Å²) in [5.74, 6) is 1.30. The Morgan fingerprint density at radius 1 is 1.16 bits per heavy atom. The number of halogens is 1. The molecular weight excluding hydrogens is 429 g/mol. The molecule has 0 spiro atoms. The third-order valence-corrected chi connectivity index (χ3v) is 3.85. The van der Waals surface area contributed by atoms with Crippen molar-refractivity contribution in [1.29, 1.82) is 0 Å². The molecule has 0 aliphatic rings. The van der Waals surface area contributed by atoms with Crippen LogP contribution < -0.4 is 10.6 Å². The average molecular weight is 463 g/mol. The highest BCUT2D eigenvalue weighted by Crippen LogP contribution is 2.15. The first kappa shape index (κ1) is 24.1.